The molecule has 3 nitrogen and oxygen atoms in total. The molecule has 2 atom stereocenters. The molecule has 200 valence electrons. The number of hydrogen-bond donors (Lipinski definition) is 0. The minimum atomic E-state index is -0.141. The molecule has 1 heterocycles. The van der Waals surface area contributed by atoms with E-state index in [9.17, 15) is 4.39 Å². The molecule has 0 N–H and O–H groups in total. The Hall–Kier alpha value is -2.07. The molecule has 2 unspecified atom stereocenters. The Labute approximate surface area is 219 Å². The molecule has 1 aliphatic rings. The van der Waals surface area contributed by atoms with E-state index in [1.807, 2.05) is 18.2 Å². The normalized spacial score (nSPS) is 16.6. The molecule has 0 spiro atoms. The average molecular weight is 498 g/mol. The van der Waals surface area contributed by atoms with Crippen LogP contribution in [-0.4, -0.2) is 38.3 Å². The van der Waals surface area contributed by atoms with E-state index in [0.717, 1.165) is 17.9 Å². The lowest BCUT2D eigenvalue weighted by Gasteiger charge is -2.38. The van der Waals surface area contributed by atoms with Crippen molar-refractivity contribution >= 4 is 0 Å². The monoisotopic (exact) mass is 497 g/mol. The van der Waals surface area contributed by atoms with Crippen LogP contribution in [0.4, 0.5) is 4.39 Å². The summed E-state index contributed by atoms with van der Waals surface area (Å²) in [6, 6.07) is 14.1. The first kappa shape index (κ1) is 28.5. The molecule has 1 aliphatic heterocycles. The SMILES string of the molecule is CCCCCCCC(CCC(C)c1ccc(OC)c(OC)c1)N1CCC(Cc2ccc(F)cc2)CC1. The zero-order chi connectivity index (χ0) is 25.8. The second kappa shape index (κ2) is 15.2. The van der Waals surface area contributed by atoms with Gasteiger partial charge in [-0.15, -0.1) is 0 Å². The number of likely N-dealkylation sites (tertiary alicyclic amines) is 1. The van der Waals surface area contributed by atoms with Crippen molar-refractivity contribution < 1.29 is 13.9 Å². The van der Waals surface area contributed by atoms with Gasteiger partial charge in [0, 0.05) is 6.04 Å². The van der Waals surface area contributed by atoms with Crippen LogP contribution in [0.2, 0.25) is 0 Å². The van der Waals surface area contributed by atoms with E-state index in [0.29, 0.717) is 17.9 Å². The summed E-state index contributed by atoms with van der Waals surface area (Å²) in [4.78, 5) is 2.78. The van der Waals surface area contributed by atoms with Gasteiger partial charge in [0.05, 0.1) is 14.2 Å². The molecule has 1 saturated heterocycles. The highest BCUT2D eigenvalue weighted by Crippen LogP contribution is 2.33. The summed E-state index contributed by atoms with van der Waals surface area (Å²) in [5.41, 5.74) is 2.60. The minimum absolute atomic E-state index is 0.141. The number of piperidine rings is 1. The van der Waals surface area contributed by atoms with Gasteiger partial charge < -0.3 is 14.4 Å². The van der Waals surface area contributed by atoms with Gasteiger partial charge in [-0.25, -0.2) is 4.39 Å². The second-order valence-corrected chi connectivity index (χ2v) is 10.8. The molecular formula is C32H48FNO2. The molecule has 0 radical (unpaired) electrons. The van der Waals surface area contributed by atoms with E-state index >= 15 is 0 Å². The third kappa shape index (κ3) is 8.80. The Morgan fingerprint density at radius 3 is 2.22 bits per heavy atom. The quantitative estimate of drug-likeness (QED) is 0.231. The predicted molar refractivity (Wildman–Crippen MR) is 149 cm³/mol. The zero-order valence-corrected chi connectivity index (χ0v) is 23.1. The number of benzene rings is 2. The highest BCUT2D eigenvalue weighted by atomic mass is 19.1. The van der Waals surface area contributed by atoms with Gasteiger partial charge in [0.2, 0.25) is 0 Å². The summed E-state index contributed by atoms with van der Waals surface area (Å²) in [7, 11) is 3.40. The molecule has 0 aromatic heterocycles. The van der Waals surface area contributed by atoms with Crippen LogP contribution in [-0.2, 0) is 6.42 Å². The van der Waals surface area contributed by atoms with Crippen LogP contribution in [0, 0.1) is 11.7 Å². The van der Waals surface area contributed by atoms with Crippen molar-refractivity contribution in [3.05, 3.63) is 59.4 Å². The fourth-order valence-corrected chi connectivity index (χ4v) is 5.74. The van der Waals surface area contributed by atoms with Crippen LogP contribution >= 0.6 is 0 Å². The lowest BCUT2D eigenvalue weighted by molar-refractivity contribution is 0.115. The second-order valence-electron chi connectivity index (χ2n) is 10.8. The highest BCUT2D eigenvalue weighted by molar-refractivity contribution is 5.43. The van der Waals surface area contributed by atoms with Gasteiger partial charge in [-0.05, 0) is 98.8 Å². The number of unbranched alkanes of at least 4 members (excludes halogenated alkanes) is 4. The third-order valence-corrected chi connectivity index (χ3v) is 8.15. The number of nitrogens with zero attached hydrogens (tertiary/aromatic N) is 1. The van der Waals surface area contributed by atoms with E-state index in [2.05, 4.69) is 30.9 Å². The Kier molecular flexibility index (Phi) is 12.1. The topological polar surface area (TPSA) is 21.7 Å². The Morgan fingerprint density at radius 1 is 0.861 bits per heavy atom. The van der Waals surface area contributed by atoms with Gasteiger partial charge in [-0.2, -0.15) is 0 Å². The summed E-state index contributed by atoms with van der Waals surface area (Å²) in [5, 5.41) is 0. The van der Waals surface area contributed by atoms with Crippen molar-refractivity contribution in [3.8, 4) is 11.5 Å². The van der Waals surface area contributed by atoms with E-state index in [-0.39, 0.29) is 5.82 Å². The molecule has 4 heteroatoms. The Morgan fingerprint density at radius 2 is 1.56 bits per heavy atom. The summed E-state index contributed by atoms with van der Waals surface area (Å²) < 4.78 is 24.2. The number of rotatable bonds is 15. The van der Waals surface area contributed by atoms with E-state index in [1.165, 1.54) is 88.4 Å². The first-order chi connectivity index (χ1) is 17.5. The molecule has 1 fully saturated rings. The predicted octanol–water partition coefficient (Wildman–Crippen LogP) is 8.41. The van der Waals surface area contributed by atoms with Crippen LogP contribution in [0.15, 0.2) is 42.5 Å². The van der Waals surface area contributed by atoms with Crippen molar-refractivity contribution in [2.45, 2.75) is 96.4 Å². The van der Waals surface area contributed by atoms with Crippen molar-refractivity contribution in [2.24, 2.45) is 5.92 Å². The van der Waals surface area contributed by atoms with Gasteiger partial charge in [-0.1, -0.05) is 64.2 Å². The largest absolute Gasteiger partial charge is 0.493 e. The third-order valence-electron chi connectivity index (χ3n) is 8.15. The van der Waals surface area contributed by atoms with Gasteiger partial charge in [0.15, 0.2) is 11.5 Å². The lowest BCUT2D eigenvalue weighted by atomic mass is 9.87. The maximum Gasteiger partial charge on any atom is 0.160 e. The van der Waals surface area contributed by atoms with Crippen LogP contribution in [0.1, 0.15) is 95.1 Å². The van der Waals surface area contributed by atoms with Gasteiger partial charge in [-0.3, -0.25) is 0 Å². The smallest absolute Gasteiger partial charge is 0.160 e. The standard InChI is InChI=1S/C32H48FNO2/c1-5-6-7-8-9-10-30(17-11-25(2)28-14-18-31(35-3)32(24-28)36-4)34-21-19-27(20-22-34)23-26-12-15-29(33)16-13-26/h12-16,18,24-25,27,30H,5-11,17,19-23H2,1-4H3. The molecule has 0 aliphatic carbocycles. The van der Waals surface area contributed by atoms with Crippen molar-refractivity contribution in [2.75, 3.05) is 27.3 Å². The fourth-order valence-electron chi connectivity index (χ4n) is 5.74. The maximum absolute atomic E-state index is 13.3. The van der Waals surface area contributed by atoms with Gasteiger partial charge in [0.1, 0.15) is 5.82 Å². The summed E-state index contributed by atoms with van der Waals surface area (Å²) in [6.45, 7) is 7.01. The van der Waals surface area contributed by atoms with E-state index in [4.69, 9.17) is 9.47 Å². The number of methoxy groups -OCH3 is 2. The van der Waals surface area contributed by atoms with E-state index in [1.54, 1.807) is 26.4 Å². The van der Waals surface area contributed by atoms with Gasteiger partial charge >= 0.3 is 0 Å². The van der Waals surface area contributed by atoms with Crippen molar-refractivity contribution in [3.63, 3.8) is 0 Å². The summed E-state index contributed by atoms with van der Waals surface area (Å²) >= 11 is 0. The van der Waals surface area contributed by atoms with Gasteiger partial charge in [0.25, 0.3) is 0 Å². The van der Waals surface area contributed by atoms with Crippen LogP contribution in [0.25, 0.3) is 0 Å². The minimum Gasteiger partial charge on any atom is -0.493 e. The molecule has 0 amide bonds. The lowest BCUT2D eigenvalue weighted by Crippen LogP contribution is -2.42. The van der Waals surface area contributed by atoms with E-state index < -0.39 is 0 Å². The molecule has 36 heavy (non-hydrogen) atoms. The molecule has 3 rings (SSSR count). The van der Waals surface area contributed by atoms with Crippen LogP contribution in [0.5, 0.6) is 11.5 Å². The number of hydrogen-bond acceptors (Lipinski definition) is 3. The summed E-state index contributed by atoms with van der Waals surface area (Å²) in [5.74, 6) is 2.67. The van der Waals surface area contributed by atoms with Crippen molar-refractivity contribution in [1.82, 2.24) is 4.90 Å². The highest BCUT2D eigenvalue weighted by Gasteiger charge is 2.25. The summed E-state index contributed by atoms with van der Waals surface area (Å²) in [6.07, 6.45) is 14.0. The van der Waals surface area contributed by atoms with Crippen LogP contribution in [0.3, 0.4) is 0 Å². The number of ether oxygens (including phenoxy) is 2. The molecular weight excluding hydrogens is 449 g/mol. The average Bonchev–Trinajstić information content (AvgIpc) is 2.91. The molecule has 0 saturated carbocycles. The maximum atomic E-state index is 13.3. The zero-order valence-electron chi connectivity index (χ0n) is 23.1. The fraction of sp³-hybridized carbons (Fsp3) is 0.625. The van der Waals surface area contributed by atoms with Crippen molar-refractivity contribution in [1.29, 1.82) is 0 Å². The van der Waals surface area contributed by atoms with Crippen LogP contribution < -0.4 is 9.47 Å². The Balaban J connectivity index is 1.55. The molecule has 2 aromatic carbocycles. The molecule has 2 aromatic rings. The first-order valence-electron chi connectivity index (χ1n) is 14.2. The first-order valence-corrected chi connectivity index (χ1v) is 14.2. The Bertz CT molecular complexity index is 876. The number of halogens is 1. The molecule has 0 bridgehead atoms.